The predicted octanol–water partition coefficient (Wildman–Crippen LogP) is 4.10. The van der Waals surface area contributed by atoms with Crippen LogP contribution in [0, 0.1) is 33.5 Å². The van der Waals surface area contributed by atoms with E-state index in [4.69, 9.17) is 10.5 Å². The summed E-state index contributed by atoms with van der Waals surface area (Å²) in [4.78, 5) is 0. The van der Waals surface area contributed by atoms with Gasteiger partial charge in [-0.1, -0.05) is 13.8 Å². The zero-order valence-corrected chi connectivity index (χ0v) is 12.4. The lowest BCUT2D eigenvalue weighted by Gasteiger charge is -2.25. The third-order valence-electron chi connectivity index (χ3n) is 3.36. The van der Waals surface area contributed by atoms with Crippen molar-refractivity contribution in [3.05, 3.63) is 0 Å². The van der Waals surface area contributed by atoms with Crippen molar-refractivity contribution in [3.8, 4) is 12.1 Å². The van der Waals surface area contributed by atoms with Crippen molar-refractivity contribution in [1.29, 1.82) is 10.5 Å². The summed E-state index contributed by atoms with van der Waals surface area (Å²) in [5.41, 5.74) is -1.04. The molecule has 0 rings (SSSR count). The molecule has 0 bridgehead atoms. The van der Waals surface area contributed by atoms with E-state index in [1.54, 1.807) is 0 Å². The molecule has 0 saturated carbocycles. The van der Waals surface area contributed by atoms with Crippen molar-refractivity contribution >= 4 is 0 Å². The van der Waals surface area contributed by atoms with Crippen LogP contribution in [0.2, 0.25) is 0 Å². The zero-order chi connectivity index (χ0) is 14.4. The molecule has 4 nitrogen and oxygen atoms in total. The molecule has 0 fully saturated rings. The highest BCUT2D eigenvalue weighted by molar-refractivity contribution is 5.02. The van der Waals surface area contributed by atoms with E-state index in [0.717, 1.165) is 12.8 Å². The topological polar surface area (TPSA) is 72.3 Å². The van der Waals surface area contributed by atoms with E-state index in [2.05, 4.69) is 22.4 Å². The number of rotatable bonds is 6. The molecule has 0 aliphatic rings. The van der Waals surface area contributed by atoms with Gasteiger partial charge in [-0.2, -0.15) is 20.8 Å². The normalized spacial score (nSPS) is 16.0. The highest BCUT2D eigenvalue weighted by Crippen LogP contribution is 2.29. The molecule has 0 heterocycles. The van der Waals surface area contributed by atoms with Gasteiger partial charge in [0.25, 0.3) is 0 Å². The Morgan fingerprint density at radius 3 is 1.28 bits per heavy atom. The van der Waals surface area contributed by atoms with E-state index in [9.17, 15) is 0 Å². The maximum absolute atomic E-state index is 9.12. The van der Waals surface area contributed by atoms with Gasteiger partial charge in [-0.25, -0.2) is 0 Å². The molecule has 0 radical (unpaired) electrons. The molecule has 2 unspecified atom stereocenters. The quantitative estimate of drug-likeness (QED) is 0.664. The second-order valence-corrected chi connectivity index (χ2v) is 5.75. The summed E-state index contributed by atoms with van der Waals surface area (Å²) in [6, 6.07) is 4.30. The van der Waals surface area contributed by atoms with Crippen LogP contribution < -0.4 is 0 Å². The monoisotopic (exact) mass is 248 g/mol. The van der Waals surface area contributed by atoms with Crippen LogP contribution in [0.5, 0.6) is 0 Å². The highest BCUT2D eigenvalue weighted by atomic mass is 15.2. The first-order chi connectivity index (χ1) is 8.25. The fourth-order valence-corrected chi connectivity index (χ4v) is 1.78. The Kier molecular flexibility index (Phi) is 5.98. The number of azo groups is 1. The lowest BCUT2D eigenvalue weighted by molar-refractivity contribution is 0.322. The fraction of sp³-hybridized carbons (Fsp3) is 0.857. The van der Waals surface area contributed by atoms with Gasteiger partial charge in [0, 0.05) is 0 Å². The van der Waals surface area contributed by atoms with Crippen LogP contribution in [0.4, 0.5) is 0 Å². The molecule has 18 heavy (non-hydrogen) atoms. The van der Waals surface area contributed by atoms with E-state index < -0.39 is 10.8 Å². The van der Waals surface area contributed by atoms with Crippen LogP contribution in [0.25, 0.3) is 0 Å². The number of nitriles is 2. The van der Waals surface area contributed by atoms with E-state index in [1.165, 1.54) is 0 Å². The Hall–Kier alpha value is -1.42. The number of nitrogens with zero attached hydrogens (tertiary/aromatic N) is 4. The first-order valence-electron chi connectivity index (χ1n) is 6.47. The average molecular weight is 248 g/mol. The Labute approximate surface area is 111 Å². The van der Waals surface area contributed by atoms with Crippen LogP contribution in [0.15, 0.2) is 10.2 Å². The summed E-state index contributed by atoms with van der Waals surface area (Å²) in [7, 11) is 0. The Morgan fingerprint density at radius 1 is 0.833 bits per heavy atom. The second kappa shape index (κ2) is 6.50. The minimum atomic E-state index is -0.521. The van der Waals surface area contributed by atoms with E-state index in [1.807, 2.05) is 41.5 Å². The Morgan fingerprint density at radius 2 is 1.11 bits per heavy atom. The van der Waals surface area contributed by atoms with Crippen LogP contribution >= 0.6 is 0 Å². The molecule has 0 spiro atoms. The van der Waals surface area contributed by atoms with Gasteiger partial charge < -0.3 is 0 Å². The van der Waals surface area contributed by atoms with Gasteiger partial charge in [-0.15, -0.1) is 0 Å². The molecule has 0 aromatic carbocycles. The van der Waals surface area contributed by atoms with E-state index in [0.29, 0.717) is 0 Å². The minimum Gasteiger partial charge on any atom is -0.198 e. The van der Waals surface area contributed by atoms with Gasteiger partial charge in [-0.05, 0) is 40.5 Å². The van der Waals surface area contributed by atoms with Gasteiger partial charge in [0.1, 0.15) is 0 Å². The Bertz CT molecular complexity index is 332. The summed E-state index contributed by atoms with van der Waals surface area (Å²) >= 11 is 0. The molecule has 0 aliphatic carbocycles. The van der Waals surface area contributed by atoms with Gasteiger partial charge in [0.05, 0.1) is 35.1 Å². The van der Waals surface area contributed by atoms with Crippen LogP contribution in [-0.2, 0) is 0 Å². The van der Waals surface area contributed by atoms with Crippen LogP contribution in [0.3, 0.4) is 0 Å². The van der Waals surface area contributed by atoms with Gasteiger partial charge in [0.15, 0.2) is 0 Å². The van der Waals surface area contributed by atoms with E-state index in [-0.39, 0.29) is 12.1 Å². The van der Waals surface area contributed by atoms with Crippen molar-refractivity contribution < 1.29 is 0 Å². The lowest BCUT2D eigenvalue weighted by Crippen LogP contribution is -2.28. The summed E-state index contributed by atoms with van der Waals surface area (Å²) in [5.74, 6) is 0. The first-order valence-corrected chi connectivity index (χ1v) is 6.47. The molecule has 0 aliphatic heterocycles. The number of hydrogen-bond donors (Lipinski definition) is 0. The van der Waals surface area contributed by atoms with Crippen LogP contribution in [0.1, 0.15) is 54.4 Å². The molecule has 0 saturated heterocycles. The third kappa shape index (κ3) is 4.11. The lowest BCUT2D eigenvalue weighted by atomic mass is 9.84. The zero-order valence-electron chi connectivity index (χ0n) is 12.4. The molecule has 100 valence electrons. The van der Waals surface area contributed by atoms with Crippen molar-refractivity contribution in [2.24, 2.45) is 21.1 Å². The summed E-state index contributed by atoms with van der Waals surface area (Å²) in [6.45, 7) is 11.5. The maximum atomic E-state index is 9.12. The SMILES string of the molecule is CCC(/N=N/C(CC)C(C)(C)C#N)C(C)(C)C#N. The van der Waals surface area contributed by atoms with Crippen molar-refractivity contribution in [2.45, 2.75) is 66.5 Å². The average Bonchev–Trinajstić information content (AvgIpc) is 2.34. The summed E-state index contributed by atoms with van der Waals surface area (Å²) < 4.78 is 0. The molecular weight excluding hydrogens is 224 g/mol. The smallest absolute Gasteiger partial charge is 0.0886 e. The Balaban J connectivity index is 5.02. The van der Waals surface area contributed by atoms with Crippen molar-refractivity contribution in [3.63, 3.8) is 0 Å². The number of hydrogen-bond acceptors (Lipinski definition) is 4. The molecule has 0 amide bonds. The van der Waals surface area contributed by atoms with Gasteiger partial charge >= 0.3 is 0 Å². The maximum Gasteiger partial charge on any atom is 0.0886 e. The van der Waals surface area contributed by atoms with E-state index >= 15 is 0 Å². The highest BCUT2D eigenvalue weighted by Gasteiger charge is 2.31. The standard InChI is InChI=1S/C14H24N4/c1-7-11(13(3,4)9-15)17-18-12(8-2)14(5,6)10-16/h11-12H,7-8H2,1-6H3/b18-17+. The fourth-order valence-electron chi connectivity index (χ4n) is 1.78. The minimum absolute atomic E-state index is 0.119. The molecule has 0 aromatic heterocycles. The molecule has 0 N–H and O–H groups in total. The molecular formula is C14H24N4. The first kappa shape index (κ1) is 16.6. The predicted molar refractivity (Wildman–Crippen MR) is 71.8 cm³/mol. The second-order valence-electron chi connectivity index (χ2n) is 5.75. The summed E-state index contributed by atoms with van der Waals surface area (Å²) in [5, 5.41) is 26.9. The van der Waals surface area contributed by atoms with Gasteiger partial charge in [0.2, 0.25) is 0 Å². The largest absolute Gasteiger partial charge is 0.198 e. The van der Waals surface area contributed by atoms with Gasteiger partial charge in [-0.3, -0.25) is 0 Å². The van der Waals surface area contributed by atoms with Crippen LogP contribution in [-0.4, -0.2) is 12.1 Å². The van der Waals surface area contributed by atoms with Crippen molar-refractivity contribution in [2.75, 3.05) is 0 Å². The van der Waals surface area contributed by atoms with Crippen molar-refractivity contribution in [1.82, 2.24) is 0 Å². The molecule has 4 heteroatoms. The summed E-state index contributed by atoms with van der Waals surface area (Å²) in [6.07, 6.45) is 1.54. The molecule has 2 atom stereocenters. The molecule has 0 aromatic rings. The third-order valence-corrected chi connectivity index (χ3v) is 3.36.